The minimum Gasteiger partial charge on any atom is -0.489 e. The fourth-order valence-electron chi connectivity index (χ4n) is 2.73. The van der Waals surface area contributed by atoms with Gasteiger partial charge in [-0.3, -0.25) is 0 Å². The fraction of sp³-hybridized carbons (Fsp3) is 0.647. The van der Waals surface area contributed by atoms with Gasteiger partial charge in [0, 0.05) is 6.04 Å². The molecule has 0 radical (unpaired) electrons. The summed E-state index contributed by atoms with van der Waals surface area (Å²) in [5.41, 5.74) is 7.61. The molecule has 0 amide bonds. The summed E-state index contributed by atoms with van der Waals surface area (Å²) in [7, 11) is 0. The van der Waals surface area contributed by atoms with Crippen LogP contribution in [0.15, 0.2) is 24.3 Å². The first-order valence-electron chi connectivity index (χ1n) is 7.69. The molecule has 2 heteroatoms. The van der Waals surface area contributed by atoms with E-state index in [2.05, 4.69) is 38.1 Å². The highest BCUT2D eigenvalue weighted by Gasteiger charge is 2.21. The molecule has 1 aliphatic carbocycles. The van der Waals surface area contributed by atoms with Crippen LogP contribution in [-0.4, -0.2) is 12.1 Å². The highest BCUT2D eigenvalue weighted by Crippen LogP contribution is 2.23. The quantitative estimate of drug-likeness (QED) is 0.883. The van der Waals surface area contributed by atoms with Gasteiger partial charge in [0.15, 0.2) is 0 Å². The molecule has 0 bridgehead atoms. The van der Waals surface area contributed by atoms with Crippen molar-refractivity contribution in [3.8, 4) is 5.75 Å². The molecule has 0 spiro atoms. The van der Waals surface area contributed by atoms with Crippen molar-refractivity contribution in [1.82, 2.24) is 0 Å². The molecule has 2 rings (SSSR count). The smallest absolute Gasteiger partial charge is 0.119 e. The van der Waals surface area contributed by atoms with Crippen LogP contribution in [0.1, 0.15) is 63.9 Å². The van der Waals surface area contributed by atoms with E-state index >= 15 is 0 Å². The van der Waals surface area contributed by atoms with Crippen LogP contribution in [-0.2, 0) is 0 Å². The Bertz CT molecular complexity index is 371. The Morgan fingerprint density at radius 2 is 1.63 bits per heavy atom. The lowest BCUT2D eigenvalue weighted by Gasteiger charge is -2.27. The van der Waals surface area contributed by atoms with Crippen LogP contribution in [0.3, 0.4) is 0 Å². The molecule has 2 unspecified atom stereocenters. The Labute approximate surface area is 117 Å². The maximum atomic E-state index is 6.25. The van der Waals surface area contributed by atoms with Crippen molar-refractivity contribution in [2.24, 2.45) is 5.73 Å². The van der Waals surface area contributed by atoms with Crippen LogP contribution in [0.4, 0.5) is 0 Å². The number of nitrogens with two attached hydrogens (primary N) is 1. The van der Waals surface area contributed by atoms with Gasteiger partial charge in [-0.15, -0.1) is 0 Å². The molecule has 1 aliphatic rings. The van der Waals surface area contributed by atoms with Crippen molar-refractivity contribution < 1.29 is 4.74 Å². The van der Waals surface area contributed by atoms with Gasteiger partial charge in [-0.05, 0) is 42.9 Å². The molecule has 1 saturated carbocycles. The average Bonchev–Trinajstić information content (AvgIpc) is 2.39. The predicted molar refractivity (Wildman–Crippen MR) is 80.6 cm³/mol. The van der Waals surface area contributed by atoms with Gasteiger partial charge >= 0.3 is 0 Å². The van der Waals surface area contributed by atoms with Crippen LogP contribution < -0.4 is 10.5 Å². The minimum absolute atomic E-state index is 0.185. The van der Waals surface area contributed by atoms with E-state index in [1.165, 1.54) is 31.2 Å². The number of rotatable bonds is 3. The highest BCUT2D eigenvalue weighted by molar-refractivity contribution is 5.29. The number of ether oxygens (including phenoxy) is 1. The van der Waals surface area contributed by atoms with Gasteiger partial charge in [0.1, 0.15) is 11.9 Å². The summed E-state index contributed by atoms with van der Waals surface area (Å²) in [6.07, 6.45) is 7.49. The summed E-state index contributed by atoms with van der Waals surface area (Å²) in [5.74, 6) is 1.53. The Kier molecular flexibility index (Phi) is 5.26. The van der Waals surface area contributed by atoms with E-state index in [4.69, 9.17) is 10.5 Å². The fourth-order valence-corrected chi connectivity index (χ4v) is 2.73. The van der Waals surface area contributed by atoms with Crippen molar-refractivity contribution in [2.45, 2.75) is 70.4 Å². The van der Waals surface area contributed by atoms with Crippen molar-refractivity contribution in [1.29, 1.82) is 0 Å². The van der Waals surface area contributed by atoms with Crippen LogP contribution in [0.2, 0.25) is 0 Å². The molecule has 1 aromatic carbocycles. The standard InChI is InChI=1S/C17H27NO/c1-13(2)14-9-11-15(12-10-14)19-17-8-6-4-3-5-7-16(17)18/h9-13,16-17H,3-8,18H2,1-2H3. The molecule has 1 fully saturated rings. The van der Waals surface area contributed by atoms with Crippen LogP contribution in [0.5, 0.6) is 5.75 Å². The van der Waals surface area contributed by atoms with E-state index in [-0.39, 0.29) is 12.1 Å². The molecule has 0 saturated heterocycles. The monoisotopic (exact) mass is 261 g/mol. The number of hydrogen-bond acceptors (Lipinski definition) is 2. The van der Waals surface area contributed by atoms with E-state index < -0.39 is 0 Å². The maximum Gasteiger partial charge on any atom is 0.119 e. The largest absolute Gasteiger partial charge is 0.489 e. The molecule has 1 aromatic rings. The Morgan fingerprint density at radius 1 is 1.00 bits per heavy atom. The second-order valence-electron chi connectivity index (χ2n) is 6.04. The molecule has 0 aliphatic heterocycles. The van der Waals surface area contributed by atoms with Crippen molar-refractivity contribution in [3.63, 3.8) is 0 Å². The lowest BCUT2D eigenvalue weighted by Crippen LogP contribution is -2.39. The zero-order valence-electron chi connectivity index (χ0n) is 12.3. The predicted octanol–water partition coefficient (Wildman–Crippen LogP) is 4.24. The molecule has 19 heavy (non-hydrogen) atoms. The summed E-state index contributed by atoms with van der Waals surface area (Å²) >= 11 is 0. The van der Waals surface area contributed by atoms with E-state index in [0.29, 0.717) is 5.92 Å². The van der Waals surface area contributed by atoms with Gasteiger partial charge in [0.05, 0.1) is 0 Å². The topological polar surface area (TPSA) is 35.2 Å². The first-order valence-corrected chi connectivity index (χ1v) is 7.69. The van der Waals surface area contributed by atoms with E-state index in [0.717, 1.165) is 18.6 Å². The summed E-state index contributed by atoms with van der Waals surface area (Å²) < 4.78 is 6.11. The SMILES string of the molecule is CC(C)c1ccc(OC2CCCCCCC2N)cc1. The Hall–Kier alpha value is -1.02. The van der Waals surface area contributed by atoms with Crippen molar-refractivity contribution in [3.05, 3.63) is 29.8 Å². The molecule has 2 N–H and O–H groups in total. The first kappa shape index (κ1) is 14.4. The van der Waals surface area contributed by atoms with Gasteiger partial charge in [-0.25, -0.2) is 0 Å². The van der Waals surface area contributed by atoms with E-state index in [1.54, 1.807) is 0 Å². The molecule has 2 atom stereocenters. The van der Waals surface area contributed by atoms with Crippen molar-refractivity contribution >= 4 is 0 Å². The molecular weight excluding hydrogens is 234 g/mol. The molecule has 0 heterocycles. The Morgan fingerprint density at radius 3 is 2.26 bits per heavy atom. The molecule has 0 aromatic heterocycles. The summed E-state index contributed by atoms with van der Waals surface area (Å²) in [4.78, 5) is 0. The molecular formula is C17H27NO. The highest BCUT2D eigenvalue weighted by atomic mass is 16.5. The second kappa shape index (κ2) is 6.95. The molecule has 2 nitrogen and oxygen atoms in total. The minimum atomic E-state index is 0.185. The van der Waals surface area contributed by atoms with Crippen LogP contribution in [0, 0.1) is 0 Å². The van der Waals surface area contributed by atoms with E-state index in [1.807, 2.05) is 0 Å². The number of hydrogen-bond donors (Lipinski definition) is 1. The zero-order chi connectivity index (χ0) is 13.7. The third-order valence-corrected chi connectivity index (χ3v) is 4.09. The maximum absolute atomic E-state index is 6.25. The van der Waals surface area contributed by atoms with Gasteiger partial charge in [0.2, 0.25) is 0 Å². The van der Waals surface area contributed by atoms with Gasteiger partial charge in [0.25, 0.3) is 0 Å². The normalized spacial score (nSPS) is 24.8. The first-order chi connectivity index (χ1) is 9.16. The van der Waals surface area contributed by atoms with Crippen molar-refractivity contribution in [2.75, 3.05) is 0 Å². The second-order valence-corrected chi connectivity index (χ2v) is 6.04. The van der Waals surface area contributed by atoms with Gasteiger partial charge < -0.3 is 10.5 Å². The summed E-state index contributed by atoms with van der Waals surface area (Å²) in [5, 5.41) is 0. The van der Waals surface area contributed by atoms with Gasteiger partial charge in [-0.1, -0.05) is 45.2 Å². The summed E-state index contributed by atoms with van der Waals surface area (Å²) in [6.45, 7) is 4.42. The Balaban J connectivity index is 1.97. The third kappa shape index (κ3) is 4.24. The summed E-state index contributed by atoms with van der Waals surface area (Å²) in [6, 6.07) is 8.68. The lowest BCUT2D eigenvalue weighted by atomic mass is 9.95. The van der Waals surface area contributed by atoms with E-state index in [9.17, 15) is 0 Å². The zero-order valence-corrected chi connectivity index (χ0v) is 12.3. The lowest BCUT2D eigenvalue weighted by molar-refractivity contribution is 0.145. The van der Waals surface area contributed by atoms with Crippen LogP contribution >= 0.6 is 0 Å². The van der Waals surface area contributed by atoms with Gasteiger partial charge in [-0.2, -0.15) is 0 Å². The molecule has 106 valence electrons. The average molecular weight is 261 g/mol. The number of benzene rings is 1. The third-order valence-electron chi connectivity index (χ3n) is 4.09. The van der Waals surface area contributed by atoms with Crippen LogP contribution in [0.25, 0.3) is 0 Å².